The average molecular weight is 315 g/mol. The van der Waals surface area contributed by atoms with Gasteiger partial charge in [0.2, 0.25) is 5.91 Å². The van der Waals surface area contributed by atoms with Gasteiger partial charge in [-0.15, -0.1) is 11.3 Å². The summed E-state index contributed by atoms with van der Waals surface area (Å²) in [5.41, 5.74) is 6.08. The molecule has 0 aliphatic heterocycles. The van der Waals surface area contributed by atoms with E-state index in [4.69, 9.17) is 17.3 Å². The minimum absolute atomic E-state index is 0.0349. The van der Waals surface area contributed by atoms with E-state index in [0.717, 1.165) is 22.1 Å². The Morgan fingerprint density at radius 2 is 2.20 bits per heavy atom. The van der Waals surface area contributed by atoms with Crippen molar-refractivity contribution in [3.05, 3.63) is 21.3 Å². The molecule has 2 rings (SSSR count). The molecule has 3 N–H and O–H groups in total. The summed E-state index contributed by atoms with van der Waals surface area (Å²) in [4.78, 5) is 13.6. The lowest BCUT2D eigenvalue weighted by Crippen LogP contribution is -2.51. The molecular formula is C15H23ClN2OS. The Balaban J connectivity index is 1.98. The minimum atomic E-state index is -0.0607. The van der Waals surface area contributed by atoms with Crippen LogP contribution in [0.1, 0.15) is 38.5 Å². The van der Waals surface area contributed by atoms with Crippen LogP contribution < -0.4 is 11.1 Å². The van der Waals surface area contributed by atoms with E-state index in [1.165, 1.54) is 11.3 Å². The molecule has 1 aromatic rings. The molecule has 0 radical (unpaired) electrons. The average Bonchev–Trinajstić information content (AvgIpc) is 2.79. The normalized spacial score (nSPS) is 29.1. The van der Waals surface area contributed by atoms with E-state index in [2.05, 4.69) is 26.1 Å². The fourth-order valence-electron chi connectivity index (χ4n) is 3.06. The second kappa shape index (κ2) is 6.04. The second-order valence-corrected chi connectivity index (χ2v) is 8.13. The maximum absolute atomic E-state index is 12.5. The number of nitrogens with two attached hydrogens (primary N) is 1. The molecule has 1 aliphatic rings. The molecule has 0 bridgehead atoms. The molecule has 1 fully saturated rings. The molecule has 1 aliphatic carbocycles. The van der Waals surface area contributed by atoms with Crippen LogP contribution >= 0.6 is 22.9 Å². The van der Waals surface area contributed by atoms with E-state index in [-0.39, 0.29) is 23.3 Å². The molecule has 0 aromatic carbocycles. The molecule has 3 nitrogen and oxygen atoms in total. The van der Waals surface area contributed by atoms with Crippen molar-refractivity contribution >= 4 is 28.8 Å². The summed E-state index contributed by atoms with van der Waals surface area (Å²) in [6.07, 6.45) is 1.79. The van der Waals surface area contributed by atoms with Gasteiger partial charge in [-0.1, -0.05) is 32.4 Å². The van der Waals surface area contributed by atoms with E-state index in [0.29, 0.717) is 12.5 Å². The van der Waals surface area contributed by atoms with Crippen LogP contribution in [0.5, 0.6) is 0 Å². The Bertz CT molecular complexity index is 486. The largest absolute Gasteiger partial charge is 0.351 e. The number of thiophene rings is 1. The van der Waals surface area contributed by atoms with Gasteiger partial charge in [-0.3, -0.25) is 4.79 Å². The quantitative estimate of drug-likeness (QED) is 0.898. The Hall–Kier alpha value is -0.580. The molecule has 3 atom stereocenters. The van der Waals surface area contributed by atoms with Gasteiger partial charge in [0, 0.05) is 16.8 Å². The zero-order valence-corrected chi connectivity index (χ0v) is 13.9. The molecule has 3 unspecified atom stereocenters. The second-order valence-electron chi connectivity index (χ2n) is 6.33. The van der Waals surface area contributed by atoms with E-state index in [1.807, 2.05) is 12.1 Å². The summed E-state index contributed by atoms with van der Waals surface area (Å²) in [5, 5.41) is 3.05. The van der Waals surface area contributed by atoms with Crippen molar-refractivity contribution in [3.8, 4) is 0 Å². The smallest absolute Gasteiger partial charge is 0.223 e. The molecule has 20 heavy (non-hydrogen) atoms. The van der Waals surface area contributed by atoms with Gasteiger partial charge in [-0.2, -0.15) is 0 Å². The Labute approximate surface area is 129 Å². The topological polar surface area (TPSA) is 55.1 Å². The minimum Gasteiger partial charge on any atom is -0.351 e. The fraction of sp³-hybridized carbons (Fsp3) is 0.667. The van der Waals surface area contributed by atoms with Gasteiger partial charge in [0.25, 0.3) is 0 Å². The lowest BCUT2D eigenvalue weighted by atomic mass is 9.61. The number of hydrogen-bond donors (Lipinski definition) is 2. The van der Waals surface area contributed by atoms with E-state index < -0.39 is 0 Å². The van der Waals surface area contributed by atoms with Crippen LogP contribution in [0, 0.1) is 17.3 Å². The first-order valence-electron chi connectivity index (χ1n) is 7.10. The number of amides is 1. The summed E-state index contributed by atoms with van der Waals surface area (Å²) in [5.74, 6) is 0.522. The maximum Gasteiger partial charge on any atom is 0.223 e. The number of carbonyl (C=O) groups is 1. The van der Waals surface area contributed by atoms with Crippen molar-refractivity contribution < 1.29 is 4.79 Å². The molecule has 0 spiro atoms. The highest BCUT2D eigenvalue weighted by atomic mass is 35.5. The van der Waals surface area contributed by atoms with Gasteiger partial charge >= 0.3 is 0 Å². The van der Waals surface area contributed by atoms with Crippen molar-refractivity contribution in [2.45, 2.75) is 46.2 Å². The van der Waals surface area contributed by atoms with E-state index in [1.54, 1.807) is 0 Å². The van der Waals surface area contributed by atoms with Gasteiger partial charge in [0.05, 0.1) is 10.9 Å². The van der Waals surface area contributed by atoms with Crippen molar-refractivity contribution in [1.82, 2.24) is 5.32 Å². The third-order valence-electron chi connectivity index (χ3n) is 4.88. The Morgan fingerprint density at radius 3 is 2.80 bits per heavy atom. The Morgan fingerprint density at radius 1 is 1.50 bits per heavy atom. The Kier molecular flexibility index (Phi) is 4.77. The number of halogens is 1. The van der Waals surface area contributed by atoms with Gasteiger partial charge in [0.1, 0.15) is 0 Å². The monoisotopic (exact) mass is 314 g/mol. The highest BCUT2D eigenvalue weighted by Gasteiger charge is 2.44. The van der Waals surface area contributed by atoms with Crippen LogP contribution in [-0.4, -0.2) is 11.9 Å². The van der Waals surface area contributed by atoms with Crippen molar-refractivity contribution in [1.29, 1.82) is 0 Å². The lowest BCUT2D eigenvalue weighted by molar-refractivity contribution is -0.132. The highest BCUT2D eigenvalue weighted by Crippen LogP contribution is 2.44. The number of rotatable bonds is 3. The van der Waals surface area contributed by atoms with E-state index >= 15 is 0 Å². The highest BCUT2D eigenvalue weighted by molar-refractivity contribution is 7.16. The first kappa shape index (κ1) is 15.8. The molecule has 5 heteroatoms. The van der Waals surface area contributed by atoms with Crippen LogP contribution in [0.25, 0.3) is 0 Å². The summed E-state index contributed by atoms with van der Waals surface area (Å²) in [6.45, 7) is 7.03. The molecular weight excluding hydrogens is 292 g/mol. The fourth-order valence-corrected chi connectivity index (χ4v) is 4.09. The predicted molar refractivity (Wildman–Crippen MR) is 84.8 cm³/mol. The van der Waals surface area contributed by atoms with Crippen molar-refractivity contribution in [3.63, 3.8) is 0 Å². The maximum atomic E-state index is 12.5. The van der Waals surface area contributed by atoms with Crippen LogP contribution in [0.15, 0.2) is 12.1 Å². The molecule has 1 amide bonds. The van der Waals surface area contributed by atoms with Gasteiger partial charge < -0.3 is 11.1 Å². The van der Waals surface area contributed by atoms with E-state index in [9.17, 15) is 4.79 Å². The zero-order chi connectivity index (χ0) is 14.9. The van der Waals surface area contributed by atoms with Gasteiger partial charge in [-0.05, 0) is 36.3 Å². The molecule has 112 valence electrons. The first-order chi connectivity index (χ1) is 9.32. The summed E-state index contributed by atoms with van der Waals surface area (Å²) >= 11 is 7.40. The van der Waals surface area contributed by atoms with Crippen LogP contribution in [0.2, 0.25) is 4.34 Å². The SMILES string of the molecule is CC1C(N)CCC(C(=O)NCc2ccc(Cl)s2)C1(C)C. The third-order valence-corrected chi connectivity index (χ3v) is 6.12. The first-order valence-corrected chi connectivity index (χ1v) is 8.29. The van der Waals surface area contributed by atoms with Crippen LogP contribution in [-0.2, 0) is 11.3 Å². The van der Waals surface area contributed by atoms with Crippen LogP contribution in [0.3, 0.4) is 0 Å². The molecule has 1 heterocycles. The summed E-state index contributed by atoms with van der Waals surface area (Å²) in [6, 6.07) is 4.02. The van der Waals surface area contributed by atoms with Gasteiger partial charge in [-0.25, -0.2) is 0 Å². The number of hydrogen-bond acceptors (Lipinski definition) is 3. The van der Waals surface area contributed by atoms with Crippen molar-refractivity contribution in [2.24, 2.45) is 23.0 Å². The third kappa shape index (κ3) is 3.18. The zero-order valence-electron chi connectivity index (χ0n) is 12.3. The standard InChI is InChI=1S/C15H23ClN2OS/c1-9-12(17)6-5-11(15(9,2)3)14(19)18-8-10-4-7-13(16)20-10/h4,7,9,11-12H,5-6,8,17H2,1-3H3,(H,18,19). The number of carbonyl (C=O) groups excluding carboxylic acids is 1. The summed E-state index contributed by atoms with van der Waals surface area (Å²) < 4.78 is 0.756. The van der Waals surface area contributed by atoms with Crippen molar-refractivity contribution in [2.75, 3.05) is 0 Å². The predicted octanol–water partition coefficient (Wildman–Crippen LogP) is 3.42. The number of nitrogens with one attached hydrogen (secondary N) is 1. The molecule has 1 saturated carbocycles. The van der Waals surface area contributed by atoms with Gasteiger partial charge in [0.15, 0.2) is 0 Å². The van der Waals surface area contributed by atoms with Crippen LogP contribution in [0.4, 0.5) is 0 Å². The molecule has 0 saturated heterocycles. The molecule has 1 aromatic heterocycles. The lowest BCUT2D eigenvalue weighted by Gasteiger charge is -2.46. The summed E-state index contributed by atoms with van der Waals surface area (Å²) in [7, 11) is 0.